The molecule has 2 rings (SSSR count). The van der Waals surface area contributed by atoms with E-state index in [9.17, 15) is 8.42 Å². The maximum Gasteiger partial charge on any atom is 0.175 e. The van der Waals surface area contributed by atoms with Crippen LogP contribution in [0.2, 0.25) is 0 Å². The second kappa shape index (κ2) is 5.44. The molecule has 0 amide bonds. The minimum Gasteiger partial charge on any atom is -0.375 e. The molecule has 1 aromatic heterocycles. The van der Waals surface area contributed by atoms with E-state index in [2.05, 4.69) is 22.2 Å². The minimum atomic E-state index is -3.14. The maximum absolute atomic E-state index is 11.4. The first-order chi connectivity index (χ1) is 9.00. The van der Waals surface area contributed by atoms with E-state index in [4.69, 9.17) is 0 Å². The normalized spacial score (nSPS) is 13.2. The van der Waals surface area contributed by atoms with Gasteiger partial charge in [0.2, 0.25) is 0 Å². The monoisotopic (exact) mass is 279 g/mol. The number of rotatable bonds is 5. The van der Waals surface area contributed by atoms with Gasteiger partial charge in [-0.25, -0.2) is 13.4 Å². The summed E-state index contributed by atoms with van der Waals surface area (Å²) in [6.07, 6.45) is 5.58. The van der Waals surface area contributed by atoms with Crippen molar-refractivity contribution < 1.29 is 8.42 Å². The lowest BCUT2D eigenvalue weighted by atomic mass is 10.2. The van der Waals surface area contributed by atoms with Crippen molar-refractivity contribution >= 4 is 15.5 Å². The van der Waals surface area contributed by atoms with Crippen molar-refractivity contribution in [2.24, 2.45) is 0 Å². The largest absolute Gasteiger partial charge is 0.375 e. The highest BCUT2D eigenvalue weighted by atomic mass is 32.2. The number of imidazole rings is 1. The molecule has 0 spiro atoms. The van der Waals surface area contributed by atoms with E-state index in [-0.39, 0.29) is 6.04 Å². The molecule has 0 aliphatic carbocycles. The molecule has 102 valence electrons. The zero-order chi connectivity index (χ0) is 13.9. The number of hydrogen-bond acceptors (Lipinski definition) is 4. The number of hydrogen-bond donors (Lipinski definition) is 2. The van der Waals surface area contributed by atoms with Gasteiger partial charge in [-0.15, -0.1) is 0 Å². The number of H-pyrrole nitrogens is 1. The number of benzene rings is 1. The Balaban J connectivity index is 2.15. The molecule has 19 heavy (non-hydrogen) atoms. The summed E-state index contributed by atoms with van der Waals surface area (Å²) in [6, 6.07) is 6.82. The van der Waals surface area contributed by atoms with Crippen molar-refractivity contribution in [3.8, 4) is 0 Å². The maximum atomic E-state index is 11.4. The summed E-state index contributed by atoms with van der Waals surface area (Å²) >= 11 is 0. The second-order valence-corrected chi connectivity index (χ2v) is 6.39. The van der Waals surface area contributed by atoms with Crippen LogP contribution in [-0.4, -0.2) is 24.6 Å². The molecule has 0 saturated heterocycles. The second-order valence-electron chi connectivity index (χ2n) is 4.38. The predicted molar refractivity (Wildman–Crippen MR) is 74.8 cm³/mol. The van der Waals surface area contributed by atoms with Crippen LogP contribution in [0.1, 0.15) is 25.2 Å². The first kappa shape index (κ1) is 13.6. The van der Waals surface area contributed by atoms with Gasteiger partial charge >= 0.3 is 0 Å². The zero-order valence-corrected chi connectivity index (χ0v) is 11.7. The fraction of sp³-hybridized carbons (Fsp3) is 0.308. The number of aromatic nitrogens is 2. The molecule has 6 heteroatoms. The summed E-state index contributed by atoms with van der Waals surface area (Å²) in [7, 11) is -3.14. The van der Waals surface area contributed by atoms with Crippen molar-refractivity contribution in [2.75, 3.05) is 11.6 Å². The van der Waals surface area contributed by atoms with E-state index in [0.29, 0.717) is 4.90 Å². The summed E-state index contributed by atoms with van der Waals surface area (Å²) in [5.41, 5.74) is 0.871. The Bertz CT molecular complexity index is 618. The van der Waals surface area contributed by atoms with Gasteiger partial charge in [-0.2, -0.15) is 0 Å². The SMILES string of the molecule is CCC(Nc1ccc(S(C)(=O)=O)cc1)c1ncc[nH]1. The first-order valence-electron chi connectivity index (χ1n) is 6.06. The van der Waals surface area contributed by atoms with Gasteiger partial charge in [0.25, 0.3) is 0 Å². The van der Waals surface area contributed by atoms with E-state index in [0.717, 1.165) is 17.9 Å². The summed E-state index contributed by atoms with van der Waals surface area (Å²) in [4.78, 5) is 7.62. The van der Waals surface area contributed by atoms with E-state index >= 15 is 0 Å². The van der Waals surface area contributed by atoms with Crippen LogP contribution in [0.4, 0.5) is 5.69 Å². The molecule has 0 fully saturated rings. The van der Waals surface area contributed by atoms with Crippen LogP contribution in [0.25, 0.3) is 0 Å². The summed E-state index contributed by atoms with van der Waals surface area (Å²) in [5, 5.41) is 3.32. The standard InChI is InChI=1S/C13H17N3O2S/c1-3-12(13-14-8-9-15-13)16-10-4-6-11(7-5-10)19(2,17)18/h4-9,12,16H,3H2,1-2H3,(H,14,15). The molecule has 0 radical (unpaired) electrons. The van der Waals surface area contributed by atoms with E-state index in [1.54, 1.807) is 36.7 Å². The predicted octanol–water partition coefficient (Wildman–Crippen LogP) is 2.38. The molecule has 1 unspecified atom stereocenters. The lowest BCUT2D eigenvalue weighted by Crippen LogP contribution is -2.11. The Hall–Kier alpha value is -1.82. The van der Waals surface area contributed by atoms with Crippen LogP contribution in [0.5, 0.6) is 0 Å². The average molecular weight is 279 g/mol. The van der Waals surface area contributed by atoms with E-state index < -0.39 is 9.84 Å². The highest BCUT2D eigenvalue weighted by molar-refractivity contribution is 7.90. The van der Waals surface area contributed by atoms with Crippen molar-refractivity contribution in [3.63, 3.8) is 0 Å². The fourth-order valence-corrected chi connectivity index (χ4v) is 2.46. The molecule has 1 heterocycles. The third-order valence-corrected chi connectivity index (χ3v) is 4.01. The Morgan fingerprint density at radius 1 is 1.32 bits per heavy atom. The van der Waals surface area contributed by atoms with Crippen LogP contribution in [0, 0.1) is 0 Å². The Morgan fingerprint density at radius 2 is 2.00 bits per heavy atom. The molecule has 1 atom stereocenters. The van der Waals surface area contributed by atoms with E-state index in [1.807, 2.05) is 0 Å². The number of sulfone groups is 1. The molecule has 2 aromatic rings. The van der Waals surface area contributed by atoms with Crippen molar-refractivity contribution in [1.82, 2.24) is 9.97 Å². The fourth-order valence-electron chi connectivity index (χ4n) is 1.83. The van der Waals surface area contributed by atoms with Gasteiger partial charge in [0.05, 0.1) is 10.9 Å². The number of nitrogens with zero attached hydrogens (tertiary/aromatic N) is 1. The van der Waals surface area contributed by atoms with Crippen molar-refractivity contribution in [1.29, 1.82) is 0 Å². The topological polar surface area (TPSA) is 74.8 Å². The molecule has 0 aliphatic rings. The quantitative estimate of drug-likeness (QED) is 0.881. The van der Waals surface area contributed by atoms with Gasteiger partial charge in [-0.05, 0) is 30.7 Å². The van der Waals surface area contributed by atoms with Gasteiger partial charge in [0.1, 0.15) is 5.82 Å². The van der Waals surface area contributed by atoms with Gasteiger partial charge in [-0.3, -0.25) is 0 Å². The van der Waals surface area contributed by atoms with Crippen LogP contribution in [-0.2, 0) is 9.84 Å². The molecule has 0 aliphatic heterocycles. The third kappa shape index (κ3) is 3.35. The summed E-state index contributed by atoms with van der Waals surface area (Å²) in [6.45, 7) is 2.06. The Labute approximate surface area is 113 Å². The number of anilines is 1. The molecular weight excluding hydrogens is 262 g/mol. The smallest absolute Gasteiger partial charge is 0.175 e. The zero-order valence-electron chi connectivity index (χ0n) is 10.9. The lowest BCUT2D eigenvalue weighted by molar-refractivity contribution is 0.602. The minimum absolute atomic E-state index is 0.0825. The van der Waals surface area contributed by atoms with E-state index in [1.165, 1.54) is 6.26 Å². The third-order valence-electron chi connectivity index (χ3n) is 2.88. The van der Waals surface area contributed by atoms with Gasteiger partial charge < -0.3 is 10.3 Å². The van der Waals surface area contributed by atoms with Crippen molar-refractivity contribution in [2.45, 2.75) is 24.3 Å². The van der Waals surface area contributed by atoms with Crippen LogP contribution < -0.4 is 5.32 Å². The molecule has 0 saturated carbocycles. The van der Waals surface area contributed by atoms with Gasteiger partial charge in [0.15, 0.2) is 9.84 Å². The highest BCUT2D eigenvalue weighted by Gasteiger charge is 2.12. The first-order valence-corrected chi connectivity index (χ1v) is 7.96. The molecule has 0 bridgehead atoms. The molecular formula is C13H17N3O2S. The lowest BCUT2D eigenvalue weighted by Gasteiger charge is -2.16. The highest BCUT2D eigenvalue weighted by Crippen LogP contribution is 2.21. The average Bonchev–Trinajstić information content (AvgIpc) is 2.89. The Morgan fingerprint density at radius 3 is 2.47 bits per heavy atom. The van der Waals surface area contributed by atoms with Gasteiger partial charge in [0, 0.05) is 24.3 Å². The molecule has 2 N–H and O–H groups in total. The number of aromatic amines is 1. The van der Waals surface area contributed by atoms with Crippen LogP contribution in [0.15, 0.2) is 41.6 Å². The summed E-state index contributed by atoms with van der Waals surface area (Å²) < 4.78 is 22.7. The van der Waals surface area contributed by atoms with Crippen LogP contribution >= 0.6 is 0 Å². The van der Waals surface area contributed by atoms with Gasteiger partial charge in [-0.1, -0.05) is 6.92 Å². The van der Waals surface area contributed by atoms with Crippen molar-refractivity contribution in [3.05, 3.63) is 42.5 Å². The molecule has 5 nitrogen and oxygen atoms in total. The Kier molecular flexibility index (Phi) is 3.90. The molecule has 1 aromatic carbocycles. The van der Waals surface area contributed by atoms with Crippen LogP contribution in [0.3, 0.4) is 0 Å². The number of nitrogens with one attached hydrogen (secondary N) is 2. The summed E-state index contributed by atoms with van der Waals surface area (Å²) in [5.74, 6) is 0.870.